The van der Waals surface area contributed by atoms with Crippen molar-refractivity contribution in [2.75, 3.05) is 19.0 Å². The molecule has 1 aromatic rings. The Labute approximate surface area is 191 Å². The maximum Gasteiger partial charge on any atom is 0.420 e. The number of carbonyl (C=O) groups excluding carboxylic acids is 1. The van der Waals surface area contributed by atoms with Crippen LogP contribution < -0.4 is 4.90 Å². The number of halogens is 1. The van der Waals surface area contributed by atoms with Gasteiger partial charge >= 0.3 is 6.09 Å². The van der Waals surface area contributed by atoms with Gasteiger partial charge in [-0.25, -0.2) is 4.79 Å². The zero-order chi connectivity index (χ0) is 22.2. The largest absolute Gasteiger partial charge is 0.464 e. The minimum atomic E-state index is -1.37. The van der Waals surface area contributed by atoms with Crippen molar-refractivity contribution < 1.29 is 14.7 Å². The van der Waals surface area contributed by atoms with Gasteiger partial charge in [-0.05, 0) is 53.2 Å². The first-order valence-corrected chi connectivity index (χ1v) is 11.0. The van der Waals surface area contributed by atoms with Crippen molar-refractivity contribution in [1.29, 1.82) is 0 Å². The van der Waals surface area contributed by atoms with E-state index in [2.05, 4.69) is 32.1 Å². The summed E-state index contributed by atoms with van der Waals surface area (Å²) in [5.41, 5.74) is 3.91. The molecule has 2 amide bonds. The number of amides is 2. The summed E-state index contributed by atoms with van der Waals surface area (Å²) in [6, 6.07) is 8.20. The zero-order valence-electron chi connectivity index (χ0n) is 17.2. The Bertz CT molecular complexity index is 1010. The van der Waals surface area contributed by atoms with E-state index < -0.39 is 12.0 Å². The van der Waals surface area contributed by atoms with E-state index in [1.165, 1.54) is 0 Å². The van der Waals surface area contributed by atoms with E-state index in [-0.39, 0.29) is 14.6 Å². The fourth-order valence-electron chi connectivity index (χ4n) is 3.54. The van der Waals surface area contributed by atoms with Gasteiger partial charge in [-0.15, -0.1) is 0 Å². The molecular formula is C22H23ClN2O3S2. The molecular weight excluding hydrogens is 440 g/mol. The van der Waals surface area contributed by atoms with Gasteiger partial charge in [-0.2, -0.15) is 4.90 Å². The van der Waals surface area contributed by atoms with Crippen LogP contribution in [0.15, 0.2) is 51.4 Å². The molecule has 0 bridgehead atoms. The van der Waals surface area contributed by atoms with Crippen molar-refractivity contribution in [3.63, 3.8) is 0 Å². The molecule has 0 atom stereocenters. The Hall–Kier alpha value is -2.09. The molecule has 0 unspecified atom stereocenters. The normalized spacial score (nSPS) is 21.7. The molecule has 3 rings (SSSR count). The van der Waals surface area contributed by atoms with Gasteiger partial charge in [-0.1, -0.05) is 67.6 Å². The molecule has 30 heavy (non-hydrogen) atoms. The standard InChI is InChI=1S/C22H23ClN2O3S2/c1-22(2)11-14(9-13-5-7-16(8-6-13)24(3)4)18(23)15(12-22)10-17-19(26)25(20(27)28)21(29)30-17/h5-10H,11-12H2,1-4H3,(H,27,28)/b14-9+,17-10+. The van der Waals surface area contributed by atoms with E-state index in [9.17, 15) is 14.7 Å². The Kier molecular flexibility index (Phi) is 6.45. The Morgan fingerprint density at radius 3 is 2.40 bits per heavy atom. The first-order valence-electron chi connectivity index (χ1n) is 9.36. The lowest BCUT2D eigenvalue weighted by atomic mass is 9.74. The lowest BCUT2D eigenvalue weighted by molar-refractivity contribution is -0.120. The van der Waals surface area contributed by atoms with Crippen LogP contribution in [-0.4, -0.2) is 40.4 Å². The highest BCUT2D eigenvalue weighted by Crippen LogP contribution is 2.46. The molecule has 1 saturated heterocycles. The Balaban J connectivity index is 1.98. The van der Waals surface area contributed by atoms with Crippen LogP contribution in [0.5, 0.6) is 0 Å². The fourth-order valence-corrected chi connectivity index (χ4v) is 5.04. The van der Waals surface area contributed by atoms with Crippen LogP contribution >= 0.6 is 35.6 Å². The second-order valence-electron chi connectivity index (χ2n) is 8.31. The van der Waals surface area contributed by atoms with E-state index >= 15 is 0 Å². The van der Waals surface area contributed by atoms with Crippen LogP contribution in [0.1, 0.15) is 32.3 Å². The lowest BCUT2D eigenvalue weighted by Gasteiger charge is -2.32. The summed E-state index contributed by atoms with van der Waals surface area (Å²) < 4.78 is 0.0160. The zero-order valence-corrected chi connectivity index (χ0v) is 19.6. The Morgan fingerprint density at radius 1 is 1.23 bits per heavy atom. The number of thiocarbonyl (C=S) groups is 1. The molecule has 1 aromatic carbocycles. The molecule has 0 spiro atoms. The number of imide groups is 1. The van der Waals surface area contributed by atoms with Crippen molar-refractivity contribution >= 4 is 63.7 Å². The van der Waals surface area contributed by atoms with Crippen LogP contribution in [0.4, 0.5) is 10.5 Å². The maximum absolute atomic E-state index is 12.4. The van der Waals surface area contributed by atoms with Crippen LogP contribution in [0.2, 0.25) is 0 Å². The summed E-state index contributed by atoms with van der Waals surface area (Å²) in [7, 11) is 3.99. The molecule has 158 valence electrons. The predicted octanol–water partition coefficient (Wildman–Crippen LogP) is 5.87. The van der Waals surface area contributed by atoms with Crippen molar-refractivity contribution in [3.8, 4) is 0 Å². The van der Waals surface area contributed by atoms with Crippen LogP contribution in [0.25, 0.3) is 6.08 Å². The smallest absolute Gasteiger partial charge is 0.420 e. The fraction of sp³-hybridized carbons (Fsp3) is 0.318. The predicted molar refractivity (Wildman–Crippen MR) is 128 cm³/mol. The van der Waals surface area contributed by atoms with Gasteiger partial charge < -0.3 is 10.0 Å². The number of rotatable bonds is 3. The molecule has 1 heterocycles. The number of anilines is 1. The van der Waals surface area contributed by atoms with E-state index in [0.717, 1.165) is 40.6 Å². The SMILES string of the molecule is CN(C)c1ccc(/C=C2\CC(C)(C)CC(/C=C3/SC(=S)N(C(=O)O)C3=O)=C2Cl)cc1. The first kappa shape index (κ1) is 22.6. The molecule has 1 N–H and O–H groups in total. The van der Waals surface area contributed by atoms with E-state index in [4.69, 9.17) is 23.8 Å². The number of hydrogen-bond acceptors (Lipinski definition) is 5. The third kappa shape index (κ3) is 4.79. The Morgan fingerprint density at radius 2 is 1.87 bits per heavy atom. The molecule has 2 aliphatic rings. The van der Waals surface area contributed by atoms with Gasteiger partial charge in [0, 0.05) is 24.8 Å². The first-order chi connectivity index (χ1) is 14.0. The second-order valence-corrected chi connectivity index (χ2v) is 10.4. The third-order valence-corrected chi connectivity index (χ3v) is 6.73. The van der Waals surface area contributed by atoms with Crippen molar-refractivity contribution in [3.05, 3.63) is 57.0 Å². The number of nitrogens with zero attached hydrogens (tertiary/aromatic N) is 2. The summed E-state index contributed by atoms with van der Waals surface area (Å²) in [4.78, 5) is 26.6. The molecule has 0 aromatic heterocycles. The molecule has 0 radical (unpaired) electrons. The average molecular weight is 463 g/mol. The minimum Gasteiger partial charge on any atom is -0.464 e. The van der Waals surface area contributed by atoms with Crippen LogP contribution in [0, 0.1) is 5.41 Å². The van der Waals surface area contributed by atoms with E-state index in [1.54, 1.807) is 6.08 Å². The third-order valence-electron chi connectivity index (χ3n) is 4.94. The number of allylic oxidation sites excluding steroid dienone is 4. The van der Waals surface area contributed by atoms with E-state index in [1.807, 2.05) is 31.1 Å². The van der Waals surface area contributed by atoms with Gasteiger partial charge in [0.1, 0.15) is 0 Å². The summed E-state index contributed by atoms with van der Waals surface area (Å²) in [5, 5.41) is 9.80. The second kappa shape index (κ2) is 8.57. The number of hydrogen-bond donors (Lipinski definition) is 1. The quantitative estimate of drug-likeness (QED) is 0.447. The highest BCUT2D eigenvalue weighted by atomic mass is 35.5. The van der Waals surface area contributed by atoms with Gasteiger partial charge in [-0.3, -0.25) is 4.79 Å². The number of carbonyl (C=O) groups is 2. The molecule has 0 saturated carbocycles. The van der Waals surface area contributed by atoms with Gasteiger partial charge in [0.15, 0.2) is 4.32 Å². The summed E-state index contributed by atoms with van der Waals surface area (Å²) in [5.74, 6) is -0.623. The summed E-state index contributed by atoms with van der Waals surface area (Å²) >= 11 is 12.8. The number of thioether (sulfide) groups is 1. The molecule has 5 nitrogen and oxygen atoms in total. The van der Waals surface area contributed by atoms with Crippen LogP contribution in [-0.2, 0) is 4.79 Å². The highest BCUT2D eigenvalue weighted by Gasteiger charge is 2.38. The molecule has 1 aliphatic heterocycles. The highest BCUT2D eigenvalue weighted by molar-refractivity contribution is 8.26. The van der Waals surface area contributed by atoms with Gasteiger partial charge in [0.05, 0.1) is 4.91 Å². The van der Waals surface area contributed by atoms with Crippen molar-refractivity contribution in [2.24, 2.45) is 5.41 Å². The summed E-state index contributed by atoms with van der Waals surface area (Å²) in [6.45, 7) is 4.30. The molecule has 8 heteroatoms. The summed E-state index contributed by atoms with van der Waals surface area (Å²) in [6.07, 6.45) is 3.87. The maximum atomic E-state index is 12.4. The van der Waals surface area contributed by atoms with Crippen LogP contribution in [0.3, 0.4) is 0 Å². The monoisotopic (exact) mass is 462 g/mol. The van der Waals surface area contributed by atoms with E-state index in [0.29, 0.717) is 16.4 Å². The number of benzene rings is 1. The molecule has 1 aliphatic carbocycles. The van der Waals surface area contributed by atoms with Gasteiger partial charge in [0.25, 0.3) is 5.91 Å². The number of carboxylic acid groups (broad SMARTS) is 1. The van der Waals surface area contributed by atoms with Gasteiger partial charge in [0.2, 0.25) is 0 Å². The topological polar surface area (TPSA) is 60.9 Å². The van der Waals surface area contributed by atoms with Crippen molar-refractivity contribution in [1.82, 2.24) is 4.90 Å². The minimum absolute atomic E-state index is 0.0160. The lowest BCUT2D eigenvalue weighted by Crippen LogP contribution is -2.33. The average Bonchev–Trinajstić information content (AvgIpc) is 2.92. The molecule has 1 fully saturated rings. The van der Waals surface area contributed by atoms with Crippen molar-refractivity contribution in [2.45, 2.75) is 26.7 Å².